The van der Waals surface area contributed by atoms with Crippen molar-refractivity contribution in [2.24, 2.45) is 0 Å². The van der Waals surface area contributed by atoms with Crippen molar-refractivity contribution in [1.82, 2.24) is 9.88 Å². The summed E-state index contributed by atoms with van der Waals surface area (Å²) >= 11 is 0. The number of rotatable bonds is 3. The first-order valence-corrected chi connectivity index (χ1v) is 5.76. The molecule has 0 spiro atoms. The number of carbonyl (C=O) groups is 1. The number of ether oxygens (including phenoxy) is 1. The van der Waals surface area contributed by atoms with Crippen LogP contribution in [-0.4, -0.2) is 42.1 Å². The van der Waals surface area contributed by atoms with Gasteiger partial charge in [0.05, 0.1) is 6.10 Å². The highest BCUT2D eigenvalue weighted by Crippen LogP contribution is 2.13. The summed E-state index contributed by atoms with van der Waals surface area (Å²) in [6, 6.07) is 5.07. The van der Waals surface area contributed by atoms with Crippen molar-refractivity contribution >= 4 is 24.1 Å². The Kier molecular flexibility index (Phi) is 5.37. The molecule has 1 fully saturated rings. The second-order valence-electron chi connectivity index (χ2n) is 4.27. The van der Waals surface area contributed by atoms with E-state index in [2.05, 4.69) is 4.98 Å². The van der Waals surface area contributed by atoms with Gasteiger partial charge in [-0.15, -0.1) is 12.4 Å². The van der Waals surface area contributed by atoms with E-state index in [1.165, 1.54) is 0 Å². The van der Waals surface area contributed by atoms with Crippen molar-refractivity contribution < 1.29 is 9.53 Å². The number of nitrogens with zero attached hydrogens (tertiary/aromatic N) is 2. The number of hydrogen-bond acceptors (Lipinski definition) is 4. The number of nitrogens with two attached hydrogens (primary N) is 1. The van der Waals surface area contributed by atoms with Crippen LogP contribution in [0.25, 0.3) is 0 Å². The summed E-state index contributed by atoms with van der Waals surface area (Å²) in [4.78, 5) is 17.7. The van der Waals surface area contributed by atoms with Gasteiger partial charge >= 0.3 is 0 Å². The highest BCUT2D eigenvalue weighted by atomic mass is 35.5. The molecule has 2 heterocycles. The van der Waals surface area contributed by atoms with Crippen LogP contribution in [0.15, 0.2) is 18.2 Å². The molecule has 1 unspecified atom stereocenters. The molecule has 0 aromatic carbocycles. The lowest BCUT2D eigenvalue weighted by molar-refractivity contribution is 0.0583. The molecule has 1 aliphatic rings. The number of likely N-dealkylation sites (N-methyl/N-ethyl adjacent to an activating group) is 1. The molecule has 1 aromatic heterocycles. The van der Waals surface area contributed by atoms with Crippen molar-refractivity contribution in [1.29, 1.82) is 0 Å². The molecule has 1 amide bonds. The Morgan fingerprint density at radius 1 is 1.61 bits per heavy atom. The van der Waals surface area contributed by atoms with Gasteiger partial charge in [-0.1, -0.05) is 6.07 Å². The van der Waals surface area contributed by atoms with Crippen LogP contribution in [-0.2, 0) is 4.74 Å². The topological polar surface area (TPSA) is 68.5 Å². The molecule has 0 radical (unpaired) electrons. The maximum atomic E-state index is 12.0. The Balaban J connectivity index is 0.00000162. The number of hydrogen-bond donors (Lipinski definition) is 1. The Labute approximate surface area is 113 Å². The standard InChI is InChI=1S/C12H17N3O2.ClH/c1-15(8-9-4-3-7-17-9)12(16)10-5-2-6-11(13)14-10;/h2,5-6,9H,3-4,7-8H2,1H3,(H2,13,14);1H. The minimum absolute atomic E-state index is 0. The lowest BCUT2D eigenvalue weighted by Gasteiger charge is -2.20. The quantitative estimate of drug-likeness (QED) is 0.901. The average Bonchev–Trinajstić information content (AvgIpc) is 2.80. The van der Waals surface area contributed by atoms with Gasteiger partial charge in [-0.2, -0.15) is 0 Å². The summed E-state index contributed by atoms with van der Waals surface area (Å²) in [6.45, 7) is 1.40. The van der Waals surface area contributed by atoms with Gasteiger partial charge in [0.15, 0.2) is 0 Å². The molecule has 6 heteroatoms. The number of aromatic nitrogens is 1. The number of halogens is 1. The average molecular weight is 272 g/mol. The predicted molar refractivity (Wildman–Crippen MR) is 71.8 cm³/mol. The van der Waals surface area contributed by atoms with Gasteiger partial charge in [0.2, 0.25) is 0 Å². The van der Waals surface area contributed by atoms with Crippen LogP contribution in [0.1, 0.15) is 23.3 Å². The van der Waals surface area contributed by atoms with E-state index in [-0.39, 0.29) is 24.4 Å². The van der Waals surface area contributed by atoms with Crippen LogP contribution in [0.3, 0.4) is 0 Å². The monoisotopic (exact) mass is 271 g/mol. The molecule has 1 saturated heterocycles. The fourth-order valence-corrected chi connectivity index (χ4v) is 1.94. The van der Waals surface area contributed by atoms with Crippen molar-refractivity contribution in [3.05, 3.63) is 23.9 Å². The zero-order valence-corrected chi connectivity index (χ0v) is 11.2. The van der Waals surface area contributed by atoms with E-state index in [0.717, 1.165) is 19.4 Å². The lowest BCUT2D eigenvalue weighted by Crippen LogP contribution is -2.34. The lowest BCUT2D eigenvalue weighted by atomic mass is 10.2. The van der Waals surface area contributed by atoms with Crippen molar-refractivity contribution in [3.8, 4) is 0 Å². The summed E-state index contributed by atoms with van der Waals surface area (Å²) < 4.78 is 5.49. The van der Waals surface area contributed by atoms with Crippen LogP contribution in [0.2, 0.25) is 0 Å². The second-order valence-corrected chi connectivity index (χ2v) is 4.27. The molecule has 1 aromatic rings. The molecule has 5 nitrogen and oxygen atoms in total. The van der Waals surface area contributed by atoms with E-state index < -0.39 is 0 Å². The van der Waals surface area contributed by atoms with Gasteiger partial charge in [-0.25, -0.2) is 4.98 Å². The SMILES string of the molecule is CN(CC1CCCO1)C(=O)c1cccc(N)n1.Cl. The smallest absolute Gasteiger partial charge is 0.272 e. The van der Waals surface area contributed by atoms with Crippen molar-refractivity contribution in [3.63, 3.8) is 0 Å². The largest absolute Gasteiger partial charge is 0.384 e. The van der Waals surface area contributed by atoms with E-state index in [1.807, 2.05) is 0 Å². The molecule has 100 valence electrons. The predicted octanol–water partition coefficient (Wildman–Crippen LogP) is 1.34. The summed E-state index contributed by atoms with van der Waals surface area (Å²) in [5.41, 5.74) is 5.93. The first-order valence-electron chi connectivity index (χ1n) is 5.76. The van der Waals surface area contributed by atoms with E-state index in [1.54, 1.807) is 30.1 Å². The van der Waals surface area contributed by atoms with E-state index in [9.17, 15) is 4.79 Å². The van der Waals surface area contributed by atoms with Crippen LogP contribution in [0, 0.1) is 0 Å². The Morgan fingerprint density at radius 3 is 3.00 bits per heavy atom. The van der Waals surface area contributed by atoms with Crippen molar-refractivity contribution in [2.75, 3.05) is 25.9 Å². The van der Waals surface area contributed by atoms with Crippen LogP contribution in [0.5, 0.6) is 0 Å². The van der Waals surface area contributed by atoms with E-state index in [4.69, 9.17) is 10.5 Å². The first-order chi connectivity index (χ1) is 8.16. The number of nitrogen functional groups attached to an aromatic ring is 1. The summed E-state index contributed by atoms with van der Waals surface area (Å²) in [6.07, 6.45) is 2.25. The fourth-order valence-electron chi connectivity index (χ4n) is 1.94. The molecular formula is C12H18ClN3O2. The van der Waals surface area contributed by atoms with Gasteiger partial charge in [-0.3, -0.25) is 4.79 Å². The molecule has 0 bridgehead atoms. The summed E-state index contributed by atoms with van der Waals surface area (Å²) in [5, 5.41) is 0. The zero-order chi connectivity index (χ0) is 12.3. The third-order valence-corrected chi connectivity index (χ3v) is 2.84. The first kappa shape index (κ1) is 14.7. The minimum Gasteiger partial charge on any atom is -0.384 e. The number of anilines is 1. The maximum absolute atomic E-state index is 12.0. The molecule has 18 heavy (non-hydrogen) atoms. The molecule has 0 aliphatic carbocycles. The second kappa shape index (κ2) is 6.56. The molecule has 2 N–H and O–H groups in total. The van der Waals surface area contributed by atoms with Crippen LogP contribution >= 0.6 is 12.4 Å². The van der Waals surface area contributed by atoms with Gasteiger partial charge in [0, 0.05) is 20.2 Å². The molecule has 0 saturated carbocycles. The summed E-state index contributed by atoms with van der Waals surface area (Å²) in [5.74, 6) is 0.245. The van der Waals surface area contributed by atoms with Crippen LogP contribution < -0.4 is 5.73 Å². The maximum Gasteiger partial charge on any atom is 0.272 e. The van der Waals surface area contributed by atoms with Gasteiger partial charge < -0.3 is 15.4 Å². The number of carbonyl (C=O) groups excluding carboxylic acids is 1. The van der Waals surface area contributed by atoms with Gasteiger partial charge in [0.25, 0.3) is 5.91 Å². The van der Waals surface area contributed by atoms with Crippen molar-refractivity contribution in [2.45, 2.75) is 18.9 Å². The minimum atomic E-state index is -0.118. The van der Waals surface area contributed by atoms with Gasteiger partial charge in [0.1, 0.15) is 11.5 Å². The molecule has 2 rings (SSSR count). The molecular weight excluding hydrogens is 254 g/mol. The molecule has 1 aliphatic heterocycles. The van der Waals surface area contributed by atoms with E-state index in [0.29, 0.717) is 18.1 Å². The highest BCUT2D eigenvalue weighted by molar-refractivity contribution is 5.92. The fraction of sp³-hybridized carbons (Fsp3) is 0.500. The summed E-state index contributed by atoms with van der Waals surface area (Å²) in [7, 11) is 1.76. The number of pyridine rings is 1. The Morgan fingerprint density at radius 2 is 2.39 bits per heavy atom. The third kappa shape index (κ3) is 3.58. The highest BCUT2D eigenvalue weighted by Gasteiger charge is 2.21. The third-order valence-electron chi connectivity index (χ3n) is 2.84. The van der Waals surface area contributed by atoms with E-state index >= 15 is 0 Å². The normalized spacial score (nSPS) is 18.2. The van der Waals surface area contributed by atoms with Gasteiger partial charge in [-0.05, 0) is 25.0 Å². The molecule has 1 atom stereocenters. The Hall–Kier alpha value is -1.33. The number of amides is 1. The zero-order valence-electron chi connectivity index (χ0n) is 10.3. The Bertz CT molecular complexity index is 408. The van der Waals surface area contributed by atoms with Crippen LogP contribution in [0.4, 0.5) is 5.82 Å².